The first-order chi connectivity index (χ1) is 9.63. The van der Waals surface area contributed by atoms with Crippen molar-refractivity contribution >= 4 is 11.6 Å². The monoisotopic (exact) mass is 276 g/mol. The second kappa shape index (κ2) is 6.75. The third-order valence-electron chi connectivity index (χ3n) is 3.83. The molecule has 0 aromatic heterocycles. The summed E-state index contributed by atoms with van der Waals surface area (Å²) < 4.78 is 5.36. The van der Waals surface area contributed by atoms with E-state index >= 15 is 0 Å². The summed E-state index contributed by atoms with van der Waals surface area (Å²) in [6.45, 7) is 6.38. The predicted octanol–water partition coefficient (Wildman–Crippen LogP) is 2.68. The van der Waals surface area contributed by atoms with E-state index in [0.717, 1.165) is 49.4 Å². The maximum absolute atomic E-state index is 12.7. The normalized spacial score (nSPS) is 15.9. The van der Waals surface area contributed by atoms with E-state index < -0.39 is 0 Å². The summed E-state index contributed by atoms with van der Waals surface area (Å²) in [7, 11) is 1.90. The Kier molecular flexibility index (Phi) is 5.01. The van der Waals surface area contributed by atoms with Gasteiger partial charge in [-0.05, 0) is 44.4 Å². The SMILES string of the molecule is CCNc1cc(C)ccc1C(=O)N(C)C1CCOCC1. The molecule has 4 nitrogen and oxygen atoms in total. The standard InChI is InChI=1S/C16H24N2O2/c1-4-17-15-11-12(2)5-6-14(15)16(19)18(3)13-7-9-20-10-8-13/h5-6,11,13,17H,4,7-10H2,1-3H3. The molecule has 20 heavy (non-hydrogen) atoms. The van der Waals surface area contributed by atoms with E-state index in [0.29, 0.717) is 0 Å². The summed E-state index contributed by atoms with van der Waals surface area (Å²) in [5, 5.41) is 3.28. The first-order valence-electron chi connectivity index (χ1n) is 7.33. The van der Waals surface area contributed by atoms with Crippen LogP contribution in [-0.2, 0) is 4.74 Å². The molecule has 0 saturated carbocycles. The predicted molar refractivity (Wildman–Crippen MR) is 81.3 cm³/mol. The van der Waals surface area contributed by atoms with E-state index in [9.17, 15) is 4.79 Å². The third-order valence-corrected chi connectivity index (χ3v) is 3.83. The van der Waals surface area contributed by atoms with E-state index in [-0.39, 0.29) is 11.9 Å². The van der Waals surface area contributed by atoms with Crippen molar-refractivity contribution in [2.24, 2.45) is 0 Å². The second-order valence-electron chi connectivity index (χ2n) is 5.34. The number of carbonyl (C=O) groups excluding carboxylic acids is 1. The van der Waals surface area contributed by atoms with Gasteiger partial charge in [0.25, 0.3) is 5.91 Å². The van der Waals surface area contributed by atoms with Crippen LogP contribution in [-0.4, -0.2) is 43.7 Å². The first-order valence-corrected chi connectivity index (χ1v) is 7.33. The van der Waals surface area contributed by atoms with Crippen molar-refractivity contribution in [2.45, 2.75) is 32.7 Å². The minimum absolute atomic E-state index is 0.0906. The Morgan fingerprint density at radius 3 is 2.75 bits per heavy atom. The molecule has 1 fully saturated rings. The Balaban J connectivity index is 2.18. The second-order valence-corrected chi connectivity index (χ2v) is 5.34. The van der Waals surface area contributed by atoms with Crippen molar-refractivity contribution in [1.82, 2.24) is 4.90 Å². The van der Waals surface area contributed by atoms with Gasteiger partial charge in [0.2, 0.25) is 0 Å². The molecule has 0 radical (unpaired) electrons. The fraction of sp³-hybridized carbons (Fsp3) is 0.562. The summed E-state index contributed by atoms with van der Waals surface area (Å²) in [4.78, 5) is 14.6. The number of hydrogen-bond acceptors (Lipinski definition) is 3. The van der Waals surface area contributed by atoms with Crippen LogP contribution in [0.4, 0.5) is 5.69 Å². The highest BCUT2D eigenvalue weighted by molar-refractivity contribution is 5.99. The zero-order valence-electron chi connectivity index (χ0n) is 12.6. The highest BCUT2D eigenvalue weighted by Crippen LogP contribution is 2.22. The number of carbonyl (C=O) groups is 1. The molecule has 110 valence electrons. The lowest BCUT2D eigenvalue weighted by atomic mass is 10.0. The van der Waals surface area contributed by atoms with Crippen LogP contribution < -0.4 is 5.32 Å². The minimum atomic E-state index is 0.0906. The largest absolute Gasteiger partial charge is 0.385 e. The molecule has 0 spiro atoms. The van der Waals surface area contributed by atoms with Crippen molar-refractivity contribution in [3.63, 3.8) is 0 Å². The minimum Gasteiger partial charge on any atom is -0.385 e. The lowest BCUT2D eigenvalue weighted by Gasteiger charge is -2.31. The molecule has 1 amide bonds. The van der Waals surface area contributed by atoms with Gasteiger partial charge in [0.15, 0.2) is 0 Å². The lowest BCUT2D eigenvalue weighted by Crippen LogP contribution is -2.40. The van der Waals surface area contributed by atoms with Crippen LogP contribution in [0.15, 0.2) is 18.2 Å². The Morgan fingerprint density at radius 1 is 1.40 bits per heavy atom. The molecule has 0 unspecified atom stereocenters. The smallest absolute Gasteiger partial charge is 0.255 e. The number of ether oxygens (including phenoxy) is 1. The van der Waals surface area contributed by atoms with Crippen LogP contribution >= 0.6 is 0 Å². The van der Waals surface area contributed by atoms with Crippen LogP contribution in [0.25, 0.3) is 0 Å². The molecular weight excluding hydrogens is 252 g/mol. The zero-order valence-corrected chi connectivity index (χ0v) is 12.6. The topological polar surface area (TPSA) is 41.6 Å². The van der Waals surface area contributed by atoms with Crippen molar-refractivity contribution in [3.05, 3.63) is 29.3 Å². The average Bonchev–Trinajstić information content (AvgIpc) is 2.47. The zero-order chi connectivity index (χ0) is 14.5. The van der Waals surface area contributed by atoms with Gasteiger partial charge < -0.3 is 15.0 Å². The Hall–Kier alpha value is -1.55. The number of nitrogens with zero attached hydrogens (tertiary/aromatic N) is 1. The average molecular weight is 276 g/mol. The number of amides is 1. The summed E-state index contributed by atoms with van der Waals surface area (Å²) >= 11 is 0. The van der Waals surface area contributed by atoms with Crippen LogP contribution in [0.3, 0.4) is 0 Å². The van der Waals surface area contributed by atoms with Gasteiger partial charge >= 0.3 is 0 Å². The van der Waals surface area contributed by atoms with E-state index in [1.165, 1.54) is 0 Å². The molecule has 2 rings (SSSR count). The number of nitrogens with one attached hydrogen (secondary N) is 1. The number of aryl methyl sites for hydroxylation is 1. The summed E-state index contributed by atoms with van der Waals surface area (Å²) in [5.74, 6) is 0.0906. The summed E-state index contributed by atoms with van der Waals surface area (Å²) in [6.07, 6.45) is 1.84. The summed E-state index contributed by atoms with van der Waals surface area (Å²) in [6, 6.07) is 6.23. The van der Waals surface area contributed by atoms with Gasteiger partial charge in [0, 0.05) is 38.5 Å². The van der Waals surface area contributed by atoms with Crippen molar-refractivity contribution in [2.75, 3.05) is 32.1 Å². The van der Waals surface area contributed by atoms with Crippen molar-refractivity contribution in [1.29, 1.82) is 0 Å². The van der Waals surface area contributed by atoms with Gasteiger partial charge in [-0.2, -0.15) is 0 Å². The third kappa shape index (κ3) is 3.31. The molecule has 0 atom stereocenters. The van der Waals surface area contributed by atoms with E-state index in [4.69, 9.17) is 4.74 Å². The van der Waals surface area contributed by atoms with Gasteiger partial charge in [0.1, 0.15) is 0 Å². The maximum atomic E-state index is 12.7. The van der Waals surface area contributed by atoms with E-state index in [1.54, 1.807) is 0 Å². The number of hydrogen-bond donors (Lipinski definition) is 1. The number of rotatable bonds is 4. The quantitative estimate of drug-likeness (QED) is 0.919. The van der Waals surface area contributed by atoms with E-state index in [2.05, 4.69) is 5.32 Å². The summed E-state index contributed by atoms with van der Waals surface area (Å²) in [5.41, 5.74) is 2.84. The Morgan fingerprint density at radius 2 is 2.10 bits per heavy atom. The highest BCUT2D eigenvalue weighted by Gasteiger charge is 2.24. The maximum Gasteiger partial charge on any atom is 0.255 e. The molecule has 1 saturated heterocycles. The molecular formula is C16H24N2O2. The molecule has 1 aliphatic rings. The molecule has 4 heteroatoms. The van der Waals surface area contributed by atoms with Crippen LogP contribution in [0, 0.1) is 6.92 Å². The van der Waals surface area contributed by atoms with Crippen molar-refractivity contribution in [3.8, 4) is 0 Å². The fourth-order valence-electron chi connectivity index (χ4n) is 2.61. The highest BCUT2D eigenvalue weighted by atomic mass is 16.5. The van der Waals surface area contributed by atoms with Crippen LogP contribution in [0.1, 0.15) is 35.7 Å². The first kappa shape index (κ1) is 14.9. The number of anilines is 1. The lowest BCUT2D eigenvalue weighted by molar-refractivity contribution is 0.0362. The Labute approximate surface area is 121 Å². The van der Waals surface area contributed by atoms with Gasteiger partial charge in [-0.25, -0.2) is 0 Å². The van der Waals surface area contributed by atoms with Gasteiger partial charge in [-0.3, -0.25) is 4.79 Å². The molecule has 1 aromatic carbocycles. The molecule has 1 aromatic rings. The number of benzene rings is 1. The molecule has 1 heterocycles. The molecule has 1 N–H and O–H groups in total. The van der Waals surface area contributed by atoms with Gasteiger partial charge in [-0.15, -0.1) is 0 Å². The van der Waals surface area contributed by atoms with Crippen molar-refractivity contribution < 1.29 is 9.53 Å². The molecule has 0 bridgehead atoms. The Bertz CT molecular complexity index is 468. The van der Waals surface area contributed by atoms with Gasteiger partial charge in [0.05, 0.1) is 5.56 Å². The molecule has 1 aliphatic heterocycles. The fourth-order valence-corrected chi connectivity index (χ4v) is 2.61. The van der Waals surface area contributed by atoms with Crippen LogP contribution in [0.2, 0.25) is 0 Å². The van der Waals surface area contributed by atoms with Gasteiger partial charge in [-0.1, -0.05) is 6.07 Å². The van der Waals surface area contributed by atoms with Crippen LogP contribution in [0.5, 0.6) is 0 Å². The van der Waals surface area contributed by atoms with E-state index in [1.807, 2.05) is 44.0 Å². The molecule has 0 aliphatic carbocycles.